The molecule has 98 valence electrons. The van der Waals surface area contributed by atoms with Crippen LogP contribution in [0.5, 0.6) is 0 Å². The molecule has 0 N–H and O–H groups in total. The van der Waals surface area contributed by atoms with Gasteiger partial charge in [0, 0.05) is 0 Å². The van der Waals surface area contributed by atoms with Crippen molar-refractivity contribution in [2.75, 3.05) is 0 Å². The van der Waals surface area contributed by atoms with E-state index in [2.05, 4.69) is 63.4 Å². The van der Waals surface area contributed by atoms with Crippen molar-refractivity contribution in [2.45, 2.75) is 58.9 Å². The molecule has 0 saturated carbocycles. The van der Waals surface area contributed by atoms with Crippen LogP contribution >= 0.6 is 0 Å². The van der Waals surface area contributed by atoms with Crippen molar-refractivity contribution >= 4 is 35.0 Å². The van der Waals surface area contributed by atoms with Gasteiger partial charge in [0.2, 0.25) is 8.24 Å². The molecule has 0 aromatic carbocycles. The lowest BCUT2D eigenvalue weighted by molar-refractivity contribution is 0.809. The van der Waals surface area contributed by atoms with Gasteiger partial charge in [0.1, 0.15) is 16.1 Å². The van der Waals surface area contributed by atoms with Gasteiger partial charge in [-0.3, -0.25) is 0 Å². The molecule has 0 bridgehead atoms. The Kier molecular flexibility index (Phi) is 3.64. The second kappa shape index (κ2) is 4.17. The minimum Gasteiger partial charge on any atom is -0.222 e. The highest BCUT2D eigenvalue weighted by Crippen LogP contribution is 2.07. The van der Waals surface area contributed by atoms with Crippen molar-refractivity contribution in [3.63, 3.8) is 0 Å². The zero-order chi connectivity index (χ0) is 13.6. The van der Waals surface area contributed by atoms with Gasteiger partial charge in [-0.05, 0) is 19.6 Å². The van der Waals surface area contributed by atoms with Crippen LogP contribution in [-0.2, 0) is 0 Å². The Morgan fingerprint density at radius 2 is 0.941 bits per heavy atom. The number of hydrogen-bond acceptors (Lipinski definition) is 2. The topological polar surface area (TPSA) is 30.7 Å². The van der Waals surface area contributed by atoms with E-state index in [0.29, 0.717) is 0 Å². The molecule has 0 aliphatic carbocycles. The summed E-state index contributed by atoms with van der Waals surface area (Å²) in [6.07, 6.45) is 0. The lowest BCUT2D eigenvalue weighted by atomic mass is 10.9. The predicted octanol–water partition coefficient (Wildman–Crippen LogP) is 2.05. The van der Waals surface area contributed by atoms with E-state index in [4.69, 9.17) is 10.2 Å². The molecule has 6 heteroatoms. The molecule has 0 spiro atoms. The minimum atomic E-state index is -1.46. The van der Waals surface area contributed by atoms with Gasteiger partial charge in [-0.1, -0.05) is 39.3 Å². The van der Waals surface area contributed by atoms with Crippen LogP contribution in [0, 0.1) is 0 Å². The second-order valence-electron chi connectivity index (χ2n) is 7.86. The van der Waals surface area contributed by atoms with E-state index in [1.165, 1.54) is 10.6 Å². The van der Waals surface area contributed by atoms with Crippen molar-refractivity contribution < 1.29 is 0 Å². The van der Waals surface area contributed by atoms with Crippen molar-refractivity contribution in [3.8, 4) is 0 Å². The summed E-state index contributed by atoms with van der Waals surface area (Å²) in [4.78, 5) is 0. The van der Waals surface area contributed by atoms with E-state index in [-0.39, 0.29) is 0 Å². The molecule has 3 nitrogen and oxygen atoms in total. The Morgan fingerprint density at radius 3 is 1.12 bits per heavy atom. The molecule has 1 aromatic heterocycles. The van der Waals surface area contributed by atoms with E-state index in [1.807, 2.05) is 0 Å². The fourth-order valence-corrected chi connectivity index (χ4v) is 7.18. The highest BCUT2D eigenvalue weighted by atomic mass is 28.3. The van der Waals surface area contributed by atoms with E-state index in [1.54, 1.807) is 0 Å². The SMILES string of the molecule is C[Si](C)(C)c1nn([Si](C)(C)C)nc1[Si](C)(C)C. The number of nitrogens with zero attached hydrogens (tertiary/aromatic N) is 3. The van der Waals surface area contributed by atoms with E-state index in [0.717, 1.165) is 0 Å². The largest absolute Gasteiger partial charge is 0.222 e. The molecule has 0 atom stereocenters. The van der Waals surface area contributed by atoms with Crippen molar-refractivity contribution in [1.29, 1.82) is 0 Å². The fourth-order valence-electron chi connectivity index (χ4n) is 1.62. The lowest BCUT2D eigenvalue weighted by Gasteiger charge is -2.20. The van der Waals surface area contributed by atoms with Crippen molar-refractivity contribution in [1.82, 2.24) is 14.7 Å². The summed E-state index contributed by atoms with van der Waals surface area (Å²) in [7, 11) is -4.23. The summed E-state index contributed by atoms with van der Waals surface area (Å²) in [5.74, 6) is 0. The van der Waals surface area contributed by atoms with Crippen LogP contribution in [0.15, 0.2) is 0 Å². The van der Waals surface area contributed by atoms with Crippen molar-refractivity contribution in [3.05, 3.63) is 0 Å². The van der Waals surface area contributed by atoms with Gasteiger partial charge in [0.05, 0.1) is 10.6 Å². The average molecular weight is 286 g/mol. The highest BCUT2D eigenvalue weighted by Gasteiger charge is 2.34. The summed E-state index contributed by atoms with van der Waals surface area (Å²) in [6, 6.07) is 0. The van der Waals surface area contributed by atoms with Gasteiger partial charge in [-0.15, -0.1) is 0 Å². The van der Waals surface area contributed by atoms with Crippen LogP contribution in [0.25, 0.3) is 0 Å². The van der Waals surface area contributed by atoms with Gasteiger partial charge < -0.3 is 0 Å². The van der Waals surface area contributed by atoms with Crippen LogP contribution < -0.4 is 10.6 Å². The smallest absolute Gasteiger partial charge is 0.202 e. The van der Waals surface area contributed by atoms with Gasteiger partial charge in [0.25, 0.3) is 0 Å². The predicted molar refractivity (Wildman–Crippen MR) is 84.7 cm³/mol. The summed E-state index contributed by atoms with van der Waals surface area (Å²) in [5.41, 5.74) is 0. The maximum atomic E-state index is 4.88. The Bertz CT molecular complexity index is 374. The number of aromatic nitrogens is 3. The first-order chi connectivity index (χ1) is 7.33. The Hall–Kier alpha value is -0.209. The summed E-state index contributed by atoms with van der Waals surface area (Å²) in [5, 5.41) is 12.5. The quantitative estimate of drug-likeness (QED) is 0.796. The monoisotopic (exact) mass is 285 g/mol. The minimum absolute atomic E-state index is 1.35. The fraction of sp³-hybridized carbons (Fsp3) is 0.818. The standard InChI is InChI=1S/C11H27N3Si3/c1-15(2,3)10-11(16(4,5)6)13-14(12-10)17(7,8)9/h1-9H3. The molecule has 0 aliphatic heterocycles. The van der Waals surface area contributed by atoms with Crippen LogP contribution in [0.1, 0.15) is 0 Å². The van der Waals surface area contributed by atoms with Gasteiger partial charge in [-0.2, -0.15) is 10.2 Å². The van der Waals surface area contributed by atoms with Crippen LogP contribution in [0.2, 0.25) is 58.9 Å². The van der Waals surface area contributed by atoms with Crippen LogP contribution in [0.4, 0.5) is 0 Å². The third-order valence-electron chi connectivity index (χ3n) is 2.63. The third kappa shape index (κ3) is 3.38. The maximum absolute atomic E-state index is 4.88. The zero-order valence-corrected chi connectivity index (χ0v) is 15.8. The Morgan fingerprint density at radius 1 is 0.647 bits per heavy atom. The first-order valence-corrected chi connectivity index (χ1v) is 16.8. The summed E-state index contributed by atoms with van der Waals surface area (Å²) >= 11 is 0. The molecular formula is C11H27N3Si3. The Balaban J connectivity index is 3.44. The Labute approximate surface area is 109 Å². The highest BCUT2D eigenvalue weighted by molar-refractivity contribution is 6.97. The van der Waals surface area contributed by atoms with Gasteiger partial charge in [-0.25, -0.2) is 4.46 Å². The molecule has 1 heterocycles. The molecule has 0 saturated heterocycles. The third-order valence-corrected chi connectivity index (χ3v) is 7.80. The lowest BCUT2D eigenvalue weighted by Crippen LogP contribution is -2.56. The maximum Gasteiger partial charge on any atom is 0.202 e. The molecular weight excluding hydrogens is 258 g/mol. The van der Waals surface area contributed by atoms with E-state index < -0.39 is 24.4 Å². The molecule has 0 unspecified atom stereocenters. The van der Waals surface area contributed by atoms with Gasteiger partial charge >= 0.3 is 0 Å². The summed E-state index contributed by atoms with van der Waals surface area (Å²) in [6.45, 7) is 21.1. The summed E-state index contributed by atoms with van der Waals surface area (Å²) < 4.78 is 2.06. The van der Waals surface area contributed by atoms with E-state index >= 15 is 0 Å². The molecule has 17 heavy (non-hydrogen) atoms. The molecule has 0 aliphatic rings. The molecule has 1 rings (SSSR count). The molecule has 1 aromatic rings. The van der Waals surface area contributed by atoms with E-state index in [9.17, 15) is 0 Å². The van der Waals surface area contributed by atoms with Crippen LogP contribution in [-0.4, -0.2) is 39.0 Å². The first-order valence-electron chi connectivity index (χ1n) is 6.32. The average Bonchev–Trinajstić information content (AvgIpc) is 2.42. The van der Waals surface area contributed by atoms with Crippen LogP contribution in [0.3, 0.4) is 0 Å². The normalized spacial score (nSPS) is 14.2. The molecule has 0 amide bonds. The molecule has 0 radical (unpaired) electrons. The van der Waals surface area contributed by atoms with Crippen molar-refractivity contribution in [2.24, 2.45) is 0 Å². The molecule has 0 fully saturated rings. The van der Waals surface area contributed by atoms with Gasteiger partial charge in [0.15, 0.2) is 0 Å². The second-order valence-corrected chi connectivity index (χ2v) is 22.5. The number of hydrogen-bond donors (Lipinski definition) is 0. The first kappa shape index (κ1) is 14.9. The number of rotatable bonds is 3. The zero-order valence-electron chi connectivity index (χ0n) is 12.8.